The molecule has 4 heteroatoms. The Labute approximate surface area is 108 Å². The van der Waals surface area contributed by atoms with Crippen molar-refractivity contribution in [1.29, 1.82) is 0 Å². The van der Waals surface area contributed by atoms with Crippen molar-refractivity contribution < 1.29 is 9.84 Å². The fourth-order valence-corrected chi connectivity index (χ4v) is 2.19. The molecule has 0 spiro atoms. The molecule has 0 bridgehead atoms. The summed E-state index contributed by atoms with van der Waals surface area (Å²) in [5.41, 5.74) is 2.36. The number of rotatable bonds is 5. The Morgan fingerprint density at radius 1 is 1.56 bits per heavy atom. The second kappa shape index (κ2) is 6.07. The summed E-state index contributed by atoms with van der Waals surface area (Å²) in [6.07, 6.45) is 1.18. The molecular weight excluding hydrogens is 228 g/mol. The van der Waals surface area contributed by atoms with Crippen LogP contribution in [0.3, 0.4) is 0 Å². The predicted molar refractivity (Wildman–Crippen MR) is 73.3 cm³/mol. The lowest BCUT2D eigenvalue weighted by Gasteiger charge is -2.25. The lowest BCUT2D eigenvalue weighted by atomic mass is 10.1. The van der Waals surface area contributed by atoms with Gasteiger partial charge in [0, 0.05) is 12.6 Å². The van der Waals surface area contributed by atoms with E-state index in [9.17, 15) is 0 Å². The summed E-state index contributed by atoms with van der Waals surface area (Å²) in [6, 6.07) is 6.65. The van der Waals surface area contributed by atoms with Gasteiger partial charge in [0.2, 0.25) is 0 Å². The SMILES string of the molecule is CC(Cc1ccc2c(c1)NCC(C)O2)NCCO. The van der Waals surface area contributed by atoms with E-state index in [-0.39, 0.29) is 12.7 Å². The zero-order valence-electron chi connectivity index (χ0n) is 11.1. The first-order valence-corrected chi connectivity index (χ1v) is 6.56. The standard InChI is InChI=1S/C14H22N2O2/c1-10(15-5-6-17)7-12-3-4-14-13(8-12)16-9-11(2)18-14/h3-4,8,10-11,15-17H,5-7,9H2,1-2H3. The van der Waals surface area contributed by atoms with Crippen LogP contribution in [0.4, 0.5) is 5.69 Å². The maximum Gasteiger partial charge on any atom is 0.142 e. The molecule has 0 saturated heterocycles. The number of aliphatic hydroxyl groups excluding tert-OH is 1. The quantitative estimate of drug-likeness (QED) is 0.739. The van der Waals surface area contributed by atoms with E-state index < -0.39 is 0 Å². The summed E-state index contributed by atoms with van der Waals surface area (Å²) in [6.45, 7) is 5.87. The summed E-state index contributed by atoms with van der Waals surface area (Å²) in [5, 5.41) is 15.4. The summed E-state index contributed by atoms with van der Waals surface area (Å²) in [4.78, 5) is 0. The van der Waals surface area contributed by atoms with Crippen LogP contribution < -0.4 is 15.4 Å². The highest BCUT2D eigenvalue weighted by Gasteiger charge is 2.15. The normalized spacial score (nSPS) is 19.6. The molecular formula is C14H22N2O2. The van der Waals surface area contributed by atoms with E-state index in [0.717, 1.165) is 24.4 Å². The number of benzene rings is 1. The fraction of sp³-hybridized carbons (Fsp3) is 0.571. The Balaban J connectivity index is 1.98. The van der Waals surface area contributed by atoms with Crippen molar-refractivity contribution in [3.05, 3.63) is 23.8 Å². The van der Waals surface area contributed by atoms with Gasteiger partial charge in [-0.1, -0.05) is 6.07 Å². The van der Waals surface area contributed by atoms with Crippen molar-refractivity contribution in [2.45, 2.75) is 32.4 Å². The van der Waals surface area contributed by atoms with E-state index in [1.165, 1.54) is 5.56 Å². The van der Waals surface area contributed by atoms with Gasteiger partial charge in [0.25, 0.3) is 0 Å². The molecule has 1 aliphatic rings. The highest BCUT2D eigenvalue weighted by atomic mass is 16.5. The molecule has 2 rings (SSSR count). The molecule has 0 fully saturated rings. The number of fused-ring (bicyclic) bond motifs is 1. The molecule has 4 nitrogen and oxygen atoms in total. The van der Waals surface area contributed by atoms with Crippen LogP contribution in [0, 0.1) is 0 Å². The van der Waals surface area contributed by atoms with Crippen molar-refractivity contribution in [2.75, 3.05) is 25.0 Å². The van der Waals surface area contributed by atoms with E-state index in [4.69, 9.17) is 9.84 Å². The molecule has 0 radical (unpaired) electrons. The molecule has 0 saturated carbocycles. The second-order valence-corrected chi connectivity index (χ2v) is 4.92. The van der Waals surface area contributed by atoms with E-state index in [2.05, 4.69) is 36.6 Å². The monoisotopic (exact) mass is 250 g/mol. The third-order valence-electron chi connectivity index (χ3n) is 3.10. The third kappa shape index (κ3) is 3.37. The zero-order chi connectivity index (χ0) is 13.0. The Bertz CT molecular complexity index is 395. The Hall–Kier alpha value is -1.26. The zero-order valence-corrected chi connectivity index (χ0v) is 11.1. The minimum atomic E-state index is 0.182. The Kier molecular flexibility index (Phi) is 4.44. The van der Waals surface area contributed by atoms with Crippen LogP contribution in [-0.2, 0) is 6.42 Å². The van der Waals surface area contributed by atoms with E-state index in [1.54, 1.807) is 0 Å². The van der Waals surface area contributed by atoms with E-state index in [0.29, 0.717) is 12.6 Å². The molecule has 2 unspecified atom stereocenters. The molecule has 3 N–H and O–H groups in total. The molecule has 1 aromatic rings. The lowest BCUT2D eigenvalue weighted by molar-refractivity contribution is 0.226. The van der Waals surface area contributed by atoms with Crippen LogP contribution >= 0.6 is 0 Å². The Morgan fingerprint density at radius 3 is 3.17 bits per heavy atom. The maximum atomic E-state index is 8.78. The molecule has 2 atom stereocenters. The van der Waals surface area contributed by atoms with Crippen molar-refractivity contribution in [3.8, 4) is 5.75 Å². The van der Waals surface area contributed by atoms with Gasteiger partial charge >= 0.3 is 0 Å². The first-order valence-electron chi connectivity index (χ1n) is 6.56. The van der Waals surface area contributed by atoms with Gasteiger partial charge in [0.15, 0.2) is 0 Å². The molecule has 1 heterocycles. The van der Waals surface area contributed by atoms with Gasteiger partial charge in [-0.15, -0.1) is 0 Å². The largest absolute Gasteiger partial charge is 0.487 e. The van der Waals surface area contributed by atoms with Gasteiger partial charge < -0.3 is 20.5 Å². The first kappa shape index (κ1) is 13.2. The summed E-state index contributed by atoms with van der Waals surface area (Å²) in [7, 11) is 0. The van der Waals surface area contributed by atoms with Crippen LogP contribution in [0.15, 0.2) is 18.2 Å². The van der Waals surface area contributed by atoms with Gasteiger partial charge in [-0.25, -0.2) is 0 Å². The number of hydrogen-bond acceptors (Lipinski definition) is 4. The van der Waals surface area contributed by atoms with Crippen molar-refractivity contribution in [1.82, 2.24) is 5.32 Å². The summed E-state index contributed by atoms with van der Waals surface area (Å²) < 4.78 is 5.75. The van der Waals surface area contributed by atoms with Crippen molar-refractivity contribution in [2.24, 2.45) is 0 Å². The minimum absolute atomic E-state index is 0.182. The fourth-order valence-electron chi connectivity index (χ4n) is 2.19. The molecule has 18 heavy (non-hydrogen) atoms. The van der Waals surface area contributed by atoms with Crippen LogP contribution in [0.5, 0.6) is 5.75 Å². The number of nitrogens with one attached hydrogen (secondary N) is 2. The minimum Gasteiger partial charge on any atom is -0.487 e. The summed E-state index contributed by atoms with van der Waals surface area (Å²) in [5.74, 6) is 0.938. The van der Waals surface area contributed by atoms with Crippen LogP contribution in [0.2, 0.25) is 0 Å². The van der Waals surface area contributed by atoms with Gasteiger partial charge in [-0.2, -0.15) is 0 Å². The number of anilines is 1. The molecule has 0 aromatic heterocycles. The smallest absolute Gasteiger partial charge is 0.142 e. The summed E-state index contributed by atoms with van der Waals surface area (Å²) >= 11 is 0. The van der Waals surface area contributed by atoms with Crippen molar-refractivity contribution in [3.63, 3.8) is 0 Å². The second-order valence-electron chi connectivity index (χ2n) is 4.92. The average molecular weight is 250 g/mol. The van der Waals surface area contributed by atoms with Crippen LogP contribution in [0.1, 0.15) is 19.4 Å². The average Bonchev–Trinajstić information content (AvgIpc) is 2.36. The van der Waals surface area contributed by atoms with Crippen molar-refractivity contribution >= 4 is 5.69 Å². The number of ether oxygens (including phenoxy) is 1. The van der Waals surface area contributed by atoms with E-state index >= 15 is 0 Å². The number of aliphatic hydroxyl groups is 1. The van der Waals surface area contributed by atoms with Gasteiger partial charge in [0.05, 0.1) is 18.8 Å². The molecule has 0 aliphatic carbocycles. The maximum absolute atomic E-state index is 8.78. The topological polar surface area (TPSA) is 53.5 Å². The first-order chi connectivity index (χ1) is 8.69. The third-order valence-corrected chi connectivity index (χ3v) is 3.10. The molecule has 100 valence electrons. The highest BCUT2D eigenvalue weighted by molar-refractivity contribution is 5.59. The molecule has 0 amide bonds. The van der Waals surface area contributed by atoms with E-state index in [1.807, 2.05) is 6.07 Å². The lowest BCUT2D eigenvalue weighted by Crippen LogP contribution is -2.31. The van der Waals surface area contributed by atoms with Gasteiger partial charge in [0.1, 0.15) is 11.9 Å². The van der Waals surface area contributed by atoms with Gasteiger partial charge in [-0.3, -0.25) is 0 Å². The van der Waals surface area contributed by atoms with Gasteiger partial charge in [-0.05, 0) is 38.0 Å². The van der Waals surface area contributed by atoms with Crippen LogP contribution in [0.25, 0.3) is 0 Å². The number of hydrogen-bond donors (Lipinski definition) is 3. The molecule has 1 aliphatic heterocycles. The Morgan fingerprint density at radius 2 is 2.39 bits per heavy atom. The predicted octanol–water partition coefficient (Wildman–Crippen LogP) is 1.39. The highest BCUT2D eigenvalue weighted by Crippen LogP contribution is 2.30. The van der Waals surface area contributed by atoms with Crippen LogP contribution in [-0.4, -0.2) is 36.9 Å². The molecule has 1 aromatic carbocycles.